The van der Waals surface area contributed by atoms with Crippen molar-refractivity contribution in [2.24, 2.45) is 0 Å². The van der Waals surface area contributed by atoms with Gasteiger partial charge >= 0.3 is 5.97 Å². The molecule has 0 unspecified atom stereocenters. The van der Waals surface area contributed by atoms with E-state index in [1.165, 1.54) is 37.3 Å². The first-order valence-corrected chi connectivity index (χ1v) is 7.47. The van der Waals surface area contributed by atoms with Gasteiger partial charge in [0.25, 0.3) is 0 Å². The van der Waals surface area contributed by atoms with Crippen molar-refractivity contribution < 1.29 is 28.5 Å². The number of aliphatic hydroxyl groups is 2. The number of nitrogens with one attached hydrogen (secondary N) is 1. The van der Waals surface area contributed by atoms with E-state index in [1.54, 1.807) is 0 Å². The van der Waals surface area contributed by atoms with Gasteiger partial charge in [0.1, 0.15) is 0 Å². The predicted molar refractivity (Wildman–Crippen MR) is 76.0 cm³/mol. The van der Waals surface area contributed by atoms with Gasteiger partial charge in [-0.25, -0.2) is 17.9 Å². The van der Waals surface area contributed by atoms with Crippen molar-refractivity contribution in [2.75, 3.05) is 13.2 Å². The zero-order valence-electron chi connectivity index (χ0n) is 11.4. The molecule has 116 valence electrons. The topological polar surface area (TPSA) is 124 Å². The Kier molecular flexibility index (Phi) is 5.62. The minimum absolute atomic E-state index is 0.0527. The van der Waals surface area contributed by atoms with E-state index < -0.39 is 34.7 Å². The van der Waals surface area contributed by atoms with Gasteiger partial charge in [-0.05, 0) is 30.7 Å². The second-order valence-corrected chi connectivity index (χ2v) is 6.41. The van der Waals surface area contributed by atoms with E-state index >= 15 is 0 Å². The number of rotatable bonds is 7. The molecule has 0 aliphatic rings. The maximum absolute atomic E-state index is 12.1. The van der Waals surface area contributed by atoms with E-state index in [1.807, 2.05) is 0 Å². The molecule has 7 nitrogen and oxygen atoms in total. The molecule has 0 aliphatic carbocycles. The molecule has 0 atom stereocenters. The maximum Gasteiger partial charge on any atom is 0.328 e. The van der Waals surface area contributed by atoms with E-state index in [0.29, 0.717) is 5.56 Å². The SMILES string of the molecule is CC(CO)(CO)NS(=O)(=O)c1ccc(/C=C/C(=O)O)cc1. The van der Waals surface area contributed by atoms with Crippen LogP contribution in [-0.4, -0.2) is 48.5 Å². The minimum Gasteiger partial charge on any atom is -0.478 e. The highest BCUT2D eigenvalue weighted by molar-refractivity contribution is 7.89. The normalized spacial score (nSPS) is 12.7. The second-order valence-electron chi connectivity index (χ2n) is 4.72. The molecule has 1 aromatic rings. The lowest BCUT2D eigenvalue weighted by Gasteiger charge is -2.25. The number of sulfonamides is 1. The van der Waals surface area contributed by atoms with Crippen molar-refractivity contribution in [2.45, 2.75) is 17.4 Å². The predicted octanol–water partition coefficient (Wildman–Crippen LogP) is -0.194. The van der Waals surface area contributed by atoms with Crippen LogP contribution in [0.3, 0.4) is 0 Å². The minimum atomic E-state index is -3.90. The van der Waals surface area contributed by atoms with E-state index in [0.717, 1.165) is 6.08 Å². The lowest BCUT2D eigenvalue weighted by molar-refractivity contribution is -0.131. The van der Waals surface area contributed by atoms with E-state index in [9.17, 15) is 13.2 Å². The van der Waals surface area contributed by atoms with Gasteiger partial charge in [-0.15, -0.1) is 0 Å². The number of aliphatic carboxylic acids is 1. The summed E-state index contributed by atoms with van der Waals surface area (Å²) in [4.78, 5) is 10.3. The lowest BCUT2D eigenvalue weighted by atomic mass is 10.1. The number of carboxylic acids is 1. The molecule has 0 aromatic heterocycles. The van der Waals surface area contributed by atoms with E-state index in [4.69, 9.17) is 15.3 Å². The first kappa shape index (κ1) is 17.3. The Hall–Kier alpha value is -1.74. The van der Waals surface area contributed by atoms with Crippen LogP contribution in [0, 0.1) is 0 Å². The van der Waals surface area contributed by atoms with Crippen LogP contribution in [0.1, 0.15) is 12.5 Å². The fourth-order valence-corrected chi connectivity index (χ4v) is 2.81. The quantitative estimate of drug-likeness (QED) is 0.517. The van der Waals surface area contributed by atoms with Crippen LogP contribution in [0.15, 0.2) is 35.2 Å². The van der Waals surface area contributed by atoms with Crippen LogP contribution in [0.4, 0.5) is 0 Å². The molecule has 0 radical (unpaired) electrons. The Morgan fingerprint density at radius 3 is 2.19 bits per heavy atom. The summed E-state index contributed by atoms with van der Waals surface area (Å²) in [5.74, 6) is -1.10. The highest BCUT2D eigenvalue weighted by atomic mass is 32.2. The Morgan fingerprint density at radius 2 is 1.76 bits per heavy atom. The fourth-order valence-electron chi connectivity index (χ4n) is 1.42. The third kappa shape index (κ3) is 4.94. The van der Waals surface area contributed by atoms with Gasteiger partial charge in [-0.2, -0.15) is 0 Å². The first-order valence-electron chi connectivity index (χ1n) is 5.99. The van der Waals surface area contributed by atoms with Gasteiger partial charge in [0.05, 0.1) is 23.6 Å². The molecule has 0 saturated carbocycles. The summed E-state index contributed by atoms with van der Waals surface area (Å²) in [6.45, 7) is 0.263. The summed E-state index contributed by atoms with van der Waals surface area (Å²) in [5, 5.41) is 26.7. The maximum atomic E-state index is 12.1. The van der Waals surface area contributed by atoms with Crippen molar-refractivity contribution in [3.8, 4) is 0 Å². The van der Waals surface area contributed by atoms with Crippen LogP contribution in [0.2, 0.25) is 0 Å². The second kappa shape index (κ2) is 6.81. The summed E-state index contributed by atoms with van der Waals surface area (Å²) in [5.41, 5.74) is -0.829. The standard InChI is InChI=1S/C13H17NO6S/c1-13(8-15,9-16)14-21(19,20)11-5-2-10(3-6-11)4-7-12(17)18/h2-7,14-16H,8-9H2,1H3,(H,17,18)/b7-4+. The largest absolute Gasteiger partial charge is 0.478 e. The highest BCUT2D eigenvalue weighted by Crippen LogP contribution is 2.14. The number of carboxylic acid groups (broad SMARTS) is 1. The van der Waals surface area contributed by atoms with E-state index in [-0.39, 0.29) is 4.90 Å². The van der Waals surface area contributed by atoms with Crippen molar-refractivity contribution in [1.29, 1.82) is 0 Å². The number of hydrogen-bond acceptors (Lipinski definition) is 5. The zero-order valence-corrected chi connectivity index (χ0v) is 12.2. The molecule has 0 heterocycles. The van der Waals surface area contributed by atoms with Crippen LogP contribution in [0.25, 0.3) is 6.08 Å². The van der Waals surface area contributed by atoms with Gasteiger partial charge < -0.3 is 15.3 Å². The highest BCUT2D eigenvalue weighted by Gasteiger charge is 2.29. The zero-order chi connectivity index (χ0) is 16.1. The van der Waals surface area contributed by atoms with Crippen molar-refractivity contribution in [3.63, 3.8) is 0 Å². The summed E-state index contributed by atoms with van der Waals surface area (Å²) in [7, 11) is -3.90. The monoisotopic (exact) mass is 315 g/mol. The molecule has 0 bridgehead atoms. The Bertz CT molecular complexity index is 617. The van der Waals surface area contributed by atoms with Gasteiger partial charge in [-0.1, -0.05) is 12.1 Å². The number of carbonyl (C=O) groups is 1. The van der Waals surface area contributed by atoms with Crippen LogP contribution in [0.5, 0.6) is 0 Å². The van der Waals surface area contributed by atoms with Crippen LogP contribution >= 0.6 is 0 Å². The van der Waals surface area contributed by atoms with Crippen molar-refractivity contribution in [1.82, 2.24) is 4.72 Å². The molecule has 1 rings (SSSR count). The van der Waals surface area contributed by atoms with Crippen molar-refractivity contribution >= 4 is 22.1 Å². The Balaban J connectivity index is 2.97. The third-order valence-corrected chi connectivity index (χ3v) is 4.34. The molecule has 21 heavy (non-hydrogen) atoms. The fraction of sp³-hybridized carbons (Fsp3) is 0.308. The Morgan fingerprint density at radius 1 is 1.24 bits per heavy atom. The summed E-state index contributed by atoms with van der Waals surface area (Å²) >= 11 is 0. The van der Waals surface area contributed by atoms with Gasteiger partial charge in [0.2, 0.25) is 10.0 Å². The average molecular weight is 315 g/mol. The van der Waals surface area contributed by atoms with Gasteiger partial charge in [-0.3, -0.25) is 0 Å². The number of hydrogen-bond donors (Lipinski definition) is 4. The number of aliphatic hydroxyl groups excluding tert-OH is 2. The van der Waals surface area contributed by atoms with Crippen LogP contribution in [-0.2, 0) is 14.8 Å². The van der Waals surface area contributed by atoms with Gasteiger partial charge in [0.15, 0.2) is 0 Å². The molecule has 4 N–H and O–H groups in total. The van der Waals surface area contributed by atoms with Crippen LogP contribution < -0.4 is 4.72 Å². The molecule has 1 aromatic carbocycles. The lowest BCUT2D eigenvalue weighted by Crippen LogP contribution is -2.51. The third-order valence-electron chi connectivity index (χ3n) is 2.69. The van der Waals surface area contributed by atoms with Gasteiger partial charge in [0, 0.05) is 6.08 Å². The molecule has 0 aliphatic heterocycles. The average Bonchev–Trinajstić information content (AvgIpc) is 2.45. The van der Waals surface area contributed by atoms with Crippen molar-refractivity contribution in [3.05, 3.63) is 35.9 Å². The first-order chi connectivity index (χ1) is 9.72. The summed E-state index contributed by atoms with van der Waals surface area (Å²) in [6, 6.07) is 5.50. The molecular formula is C13H17NO6S. The molecule has 0 fully saturated rings. The molecule has 0 spiro atoms. The molecule has 8 heteroatoms. The summed E-state index contributed by atoms with van der Waals surface area (Å²) < 4.78 is 26.4. The smallest absolute Gasteiger partial charge is 0.328 e. The van der Waals surface area contributed by atoms with E-state index in [2.05, 4.69) is 4.72 Å². The molecule has 0 saturated heterocycles. The Labute approximate surface area is 122 Å². The molecular weight excluding hydrogens is 298 g/mol. The number of benzene rings is 1. The molecule has 0 amide bonds. The summed E-state index contributed by atoms with van der Waals surface area (Å²) in [6.07, 6.45) is 2.27.